The van der Waals surface area contributed by atoms with Gasteiger partial charge in [0.2, 0.25) is 5.24 Å². The fourth-order valence-electron chi connectivity index (χ4n) is 0.569. The number of carbonyl (C=O) groups excluding carboxylic acids is 2. The molecule has 0 unspecified atom stereocenters. The molecule has 0 heterocycles. The highest BCUT2D eigenvalue weighted by Crippen LogP contribution is 2.15. The van der Waals surface area contributed by atoms with Gasteiger partial charge in [0.05, 0.1) is 0 Å². The highest BCUT2D eigenvalue weighted by atomic mass is 35.5. The van der Waals surface area contributed by atoms with Crippen LogP contribution in [-0.4, -0.2) is 10.5 Å². The lowest BCUT2D eigenvalue weighted by Crippen LogP contribution is -2.13. The zero-order valence-corrected chi connectivity index (χ0v) is 11.0. The van der Waals surface area contributed by atoms with Gasteiger partial charge in [0, 0.05) is 11.0 Å². The molecule has 0 radical (unpaired) electrons. The van der Waals surface area contributed by atoms with Crippen molar-refractivity contribution in [3.05, 3.63) is 35.9 Å². The van der Waals surface area contributed by atoms with E-state index in [1.54, 1.807) is 45.0 Å². The van der Waals surface area contributed by atoms with Gasteiger partial charge in [0.1, 0.15) is 0 Å². The van der Waals surface area contributed by atoms with Crippen molar-refractivity contribution in [2.75, 3.05) is 0 Å². The van der Waals surface area contributed by atoms with Crippen LogP contribution in [0.1, 0.15) is 31.1 Å². The molecular formula is C12H14Cl2O2. The first-order valence-electron chi connectivity index (χ1n) is 4.70. The summed E-state index contributed by atoms with van der Waals surface area (Å²) < 4.78 is 0. The van der Waals surface area contributed by atoms with Crippen LogP contribution in [0.5, 0.6) is 0 Å². The van der Waals surface area contributed by atoms with Gasteiger partial charge in [0.15, 0.2) is 0 Å². The standard InChI is InChI=1S/C7H5ClO.C5H9ClO/c8-7(9)6-4-2-1-3-5-6;1-5(2,3)4(6)7/h1-5H;1-3H3. The van der Waals surface area contributed by atoms with Gasteiger partial charge in [-0.15, -0.1) is 0 Å². The summed E-state index contributed by atoms with van der Waals surface area (Å²) in [4.78, 5) is 20.6. The lowest BCUT2D eigenvalue weighted by atomic mass is 10.00. The topological polar surface area (TPSA) is 34.1 Å². The predicted molar refractivity (Wildman–Crippen MR) is 66.9 cm³/mol. The van der Waals surface area contributed by atoms with E-state index in [-0.39, 0.29) is 10.7 Å². The van der Waals surface area contributed by atoms with E-state index in [9.17, 15) is 9.59 Å². The Morgan fingerprint density at radius 1 is 1.00 bits per heavy atom. The Balaban J connectivity index is 0.000000293. The summed E-state index contributed by atoms with van der Waals surface area (Å²) in [7, 11) is 0. The molecular weight excluding hydrogens is 247 g/mol. The molecule has 1 aromatic rings. The fourth-order valence-corrected chi connectivity index (χ4v) is 0.695. The van der Waals surface area contributed by atoms with Crippen LogP contribution in [0.2, 0.25) is 0 Å². The Labute approximate surface area is 106 Å². The van der Waals surface area contributed by atoms with Crippen molar-refractivity contribution < 1.29 is 9.59 Å². The molecule has 0 saturated carbocycles. The molecule has 88 valence electrons. The van der Waals surface area contributed by atoms with E-state index < -0.39 is 5.24 Å². The molecule has 0 aliphatic carbocycles. The van der Waals surface area contributed by atoms with E-state index in [1.165, 1.54) is 0 Å². The van der Waals surface area contributed by atoms with Crippen LogP contribution in [0.4, 0.5) is 0 Å². The van der Waals surface area contributed by atoms with Gasteiger partial charge in [-0.05, 0) is 23.2 Å². The molecule has 0 spiro atoms. The van der Waals surface area contributed by atoms with Crippen LogP contribution in [0.3, 0.4) is 0 Å². The lowest BCUT2D eigenvalue weighted by molar-refractivity contribution is -0.118. The number of hydrogen-bond acceptors (Lipinski definition) is 2. The van der Waals surface area contributed by atoms with Crippen molar-refractivity contribution in [1.29, 1.82) is 0 Å². The Bertz CT molecular complexity index is 353. The van der Waals surface area contributed by atoms with Crippen molar-refractivity contribution in [3.8, 4) is 0 Å². The number of carbonyl (C=O) groups is 2. The van der Waals surface area contributed by atoms with Crippen LogP contribution >= 0.6 is 23.2 Å². The highest BCUT2D eigenvalue weighted by Gasteiger charge is 2.17. The molecule has 0 atom stereocenters. The van der Waals surface area contributed by atoms with Gasteiger partial charge in [-0.1, -0.05) is 51.1 Å². The maximum Gasteiger partial charge on any atom is 0.252 e. The second-order valence-corrected chi connectivity index (χ2v) is 4.85. The van der Waals surface area contributed by atoms with E-state index in [0.717, 1.165) is 0 Å². The number of benzene rings is 1. The van der Waals surface area contributed by atoms with Crippen molar-refractivity contribution in [2.45, 2.75) is 20.8 Å². The molecule has 0 aromatic heterocycles. The second-order valence-electron chi connectivity index (χ2n) is 4.16. The first kappa shape index (κ1) is 15.1. The van der Waals surface area contributed by atoms with Crippen LogP contribution in [0, 0.1) is 5.41 Å². The van der Waals surface area contributed by atoms with Crippen molar-refractivity contribution in [2.24, 2.45) is 5.41 Å². The molecule has 0 fully saturated rings. The van der Waals surface area contributed by atoms with E-state index in [1.807, 2.05) is 6.07 Å². The van der Waals surface area contributed by atoms with Gasteiger partial charge >= 0.3 is 0 Å². The van der Waals surface area contributed by atoms with Gasteiger partial charge in [0.25, 0.3) is 5.24 Å². The highest BCUT2D eigenvalue weighted by molar-refractivity contribution is 6.67. The first-order chi connectivity index (χ1) is 7.25. The van der Waals surface area contributed by atoms with Crippen LogP contribution < -0.4 is 0 Å². The summed E-state index contributed by atoms with van der Waals surface area (Å²) >= 11 is 10.3. The van der Waals surface area contributed by atoms with Crippen molar-refractivity contribution in [3.63, 3.8) is 0 Å². The van der Waals surface area contributed by atoms with E-state index in [4.69, 9.17) is 23.2 Å². The lowest BCUT2D eigenvalue weighted by Gasteiger charge is -2.08. The number of hydrogen-bond donors (Lipinski definition) is 0. The minimum absolute atomic E-state index is 0.285. The molecule has 1 rings (SSSR count). The first-order valence-corrected chi connectivity index (χ1v) is 5.45. The summed E-state index contributed by atoms with van der Waals surface area (Å²) in [6.07, 6.45) is 0. The van der Waals surface area contributed by atoms with Crippen LogP contribution in [0.15, 0.2) is 30.3 Å². The Morgan fingerprint density at radius 2 is 1.38 bits per heavy atom. The summed E-state index contributed by atoms with van der Waals surface area (Å²) in [5, 5.41) is -0.692. The SMILES string of the molecule is CC(C)(C)C(=O)Cl.O=C(Cl)c1ccccc1. The molecule has 1 aromatic carbocycles. The third kappa shape index (κ3) is 6.59. The summed E-state index contributed by atoms with van der Waals surface area (Å²) in [5.41, 5.74) is 0.167. The third-order valence-corrected chi connectivity index (χ3v) is 2.38. The average Bonchev–Trinajstić information content (AvgIpc) is 2.18. The molecule has 0 N–H and O–H groups in total. The fraction of sp³-hybridized carbons (Fsp3) is 0.333. The predicted octanol–water partition coefficient (Wildman–Crippen LogP) is 3.86. The van der Waals surface area contributed by atoms with Gasteiger partial charge in [-0.2, -0.15) is 0 Å². The van der Waals surface area contributed by atoms with E-state index in [2.05, 4.69) is 0 Å². The zero-order chi connectivity index (χ0) is 12.8. The maximum absolute atomic E-state index is 10.4. The Kier molecular flexibility index (Phi) is 6.31. The second kappa shape index (κ2) is 6.66. The molecule has 0 amide bonds. The van der Waals surface area contributed by atoms with Crippen LogP contribution in [-0.2, 0) is 4.79 Å². The van der Waals surface area contributed by atoms with Crippen molar-refractivity contribution in [1.82, 2.24) is 0 Å². The Morgan fingerprint density at radius 3 is 1.56 bits per heavy atom. The van der Waals surface area contributed by atoms with Gasteiger partial charge in [-0.25, -0.2) is 0 Å². The molecule has 0 aliphatic rings. The molecule has 0 bridgehead atoms. The van der Waals surface area contributed by atoms with Gasteiger partial charge < -0.3 is 0 Å². The van der Waals surface area contributed by atoms with E-state index in [0.29, 0.717) is 5.56 Å². The molecule has 4 heteroatoms. The molecule has 0 saturated heterocycles. The normalized spacial score (nSPS) is 10.1. The number of rotatable bonds is 1. The molecule has 16 heavy (non-hydrogen) atoms. The van der Waals surface area contributed by atoms with Gasteiger partial charge in [-0.3, -0.25) is 9.59 Å². The molecule has 2 nitrogen and oxygen atoms in total. The smallest absolute Gasteiger partial charge is 0.252 e. The van der Waals surface area contributed by atoms with E-state index >= 15 is 0 Å². The summed E-state index contributed by atoms with van der Waals surface area (Å²) in [5.74, 6) is 0. The minimum atomic E-state index is -0.407. The monoisotopic (exact) mass is 260 g/mol. The van der Waals surface area contributed by atoms with Crippen molar-refractivity contribution >= 4 is 33.7 Å². The quantitative estimate of drug-likeness (QED) is 0.719. The Hall–Kier alpha value is -0.860. The summed E-state index contributed by atoms with van der Waals surface area (Å²) in [6.45, 7) is 5.34. The third-order valence-electron chi connectivity index (χ3n) is 1.59. The van der Waals surface area contributed by atoms with Crippen LogP contribution in [0.25, 0.3) is 0 Å². The summed E-state index contributed by atoms with van der Waals surface area (Å²) in [6, 6.07) is 8.74. The maximum atomic E-state index is 10.4. The number of halogens is 2. The largest absolute Gasteiger partial charge is 0.281 e. The zero-order valence-electron chi connectivity index (χ0n) is 9.46. The average molecular weight is 261 g/mol. The molecule has 0 aliphatic heterocycles. The minimum Gasteiger partial charge on any atom is -0.281 e.